The fourth-order valence-corrected chi connectivity index (χ4v) is 1.57. The number of ether oxygens (including phenoxy) is 3. The molecule has 0 atom stereocenters. The summed E-state index contributed by atoms with van der Waals surface area (Å²) in [6, 6.07) is 3.15. The fraction of sp³-hybridized carbons (Fsp3) is 0.429. The van der Waals surface area contributed by atoms with E-state index >= 15 is 0 Å². The molecule has 110 valence electrons. The van der Waals surface area contributed by atoms with Crippen LogP contribution in [0.5, 0.6) is 17.2 Å². The van der Waals surface area contributed by atoms with Crippen molar-refractivity contribution in [2.75, 3.05) is 21.3 Å². The van der Waals surface area contributed by atoms with Gasteiger partial charge in [-0.2, -0.15) is 5.10 Å². The summed E-state index contributed by atoms with van der Waals surface area (Å²) in [6.45, 7) is 2.03. The lowest BCUT2D eigenvalue weighted by Gasteiger charge is -2.13. The third kappa shape index (κ3) is 3.88. The zero-order chi connectivity index (χ0) is 15.0. The second-order valence-electron chi connectivity index (χ2n) is 3.96. The number of carbonyl (C=O) groups excluding carboxylic acids is 1. The lowest BCUT2D eigenvalue weighted by molar-refractivity contribution is 0.0954. The van der Waals surface area contributed by atoms with E-state index in [4.69, 9.17) is 14.2 Å². The monoisotopic (exact) mass is 280 g/mol. The van der Waals surface area contributed by atoms with E-state index in [0.29, 0.717) is 22.8 Å². The summed E-state index contributed by atoms with van der Waals surface area (Å²) < 4.78 is 15.6. The molecule has 0 spiro atoms. The van der Waals surface area contributed by atoms with Crippen molar-refractivity contribution < 1.29 is 19.0 Å². The first-order chi connectivity index (χ1) is 9.67. The molecule has 0 fully saturated rings. The van der Waals surface area contributed by atoms with Gasteiger partial charge in [-0.15, -0.1) is 0 Å². The van der Waals surface area contributed by atoms with Crippen molar-refractivity contribution in [3.8, 4) is 17.2 Å². The Labute approximate surface area is 118 Å². The Balaban J connectivity index is 2.97. The molecule has 6 heteroatoms. The minimum Gasteiger partial charge on any atom is -0.493 e. The molecule has 1 aromatic carbocycles. The highest BCUT2D eigenvalue weighted by atomic mass is 16.5. The number of amides is 1. The molecule has 0 bridgehead atoms. The van der Waals surface area contributed by atoms with Crippen molar-refractivity contribution in [1.82, 2.24) is 5.43 Å². The summed E-state index contributed by atoms with van der Waals surface area (Å²) in [4.78, 5) is 12.0. The van der Waals surface area contributed by atoms with Gasteiger partial charge in [0, 0.05) is 11.8 Å². The van der Waals surface area contributed by atoms with Gasteiger partial charge in [0.05, 0.1) is 21.3 Å². The van der Waals surface area contributed by atoms with Crippen molar-refractivity contribution in [2.45, 2.75) is 19.8 Å². The lowest BCUT2D eigenvalue weighted by atomic mass is 10.1. The normalized spacial score (nSPS) is 10.4. The van der Waals surface area contributed by atoms with E-state index in [1.165, 1.54) is 21.3 Å². The standard InChI is InChI=1S/C14H20N2O4/c1-5-6-7-15-16-14(17)10-8-11(18-2)13(20-4)12(9-10)19-3/h7-9H,5-6H2,1-4H3,(H,16,17)/b15-7+. The Hall–Kier alpha value is -2.24. The molecule has 0 aliphatic rings. The van der Waals surface area contributed by atoms with Crippen molar-refractivity contribution >= 4 is 12.1 Å². The van der Waals surface area contributed by atoms with Crippen LogP contribution in [-0.2, 0) is 0 Å². The van der Waals surface area contributed by atoms with Crippen molar-refractivity contribution in [3.63, 3.8) is 0 Å². The first-order valence-electron chi connectivity index (χ1n) is 6.29. The first kappa shape index (κ1) is 15.8. The largest absolute Gasteiger partial charge is 0.493 e. The first-order valence-corrected chi connectivity index (χ1v) is 6.29. The van der Waals surface area contributed by atoms with E-state index in [0.717, 1.165) is 12.8 Å². The topological polar surface area (TPSA) is 69.2 Å². The third-order valence-corrected chi connectivity index (χ3v) is 2.60. The summed E-state index contributed by atoms with van der Waals surface area (Å²) in [5.41, 5.74) is 2.83. The van der Waals surface area contributed by atoms with Gasteiger partial charge in [-0.05, 0) is 18.6 Å². The smallest absolute Gasteiger partial charge is 0.271 e. The van der Waals surface area contributed by atoms with Crippen LogP contribution < -0.4 is 19.6 Å². The van der Waals surface area contributed by atoms with E-state index in [9.17, 15) is 4.79 Å². The lowest BCUT2D eigenvalue weighted by Crippen LogP contribution is -2.17. The molecule has 6 nitrogen and oxygen atoms in total. The number of hydrogen-bond acceptors (Lipinski definition) is 5. The third-order valence-electron chi connectivity index (χ3n) is 2.60. The Morgan fingerprint density at radius 3 is 2.25 bits per heavy atom. The average Bonchev–Trinajstić information content (AvgIpc) is 2.49. The zero-order valence-corrected chi connectivity index (χ0v) is 12.2. The van der Waals surface area contributed by atoms with E-state index in [-0.39, 0.29) is 5.91 Å². The summed E-state index contributed by atoms with van der Waals surface area (Å²) in [5, 5.41) is 3.85. The van der Waals surface area contributed by atoms with Crippen molar-refractivity contribution in [1.29, 1.82) is 0 Å². The molecule has 1 amide bonds. The van der Waals surface area contributed by atoms with Crippen LogP contribution in [-0.4, -0.2) is 33.5 Å². The number of methoxy groups -OCH3 is 3. The molecule has 1 rings (SSSR count). The molecule has 0 unspecified atom stereocenters. The number of benzene rings is 1. The Kier molecular flexibility index (Phi) is 6.36. The van der Waals surface area contributed by atoms with Gasteiger partial charge in [0.2, 0.25) is 5.75 Å². The molecule has 0 aliphatic heterocycles. The Bertz CT molecular complexity index is 461. The van der Waals surface area contributed by atoms with Crippen LogP contribution in [0.3, 0.4) is 0 Å². The number of unbranched alkanes of at least 4 members (excludes halogenated alkanes) is 1. The number of hydrogen-bond donors (Lipinski definition) is 1. The van der Waals surface area contributed by atoms with Gasteiger partial charge in [0.15, 0.2) is 11.5 Å². The number of rotatable bonds is 7. The molecular formula is C14H20N2O4. The molecule has 0 aromatic heterocycles. The highest BCUT2D eigenvalue weighted by Crippen LogP contribution is 2.38. The van der Waals surface area contributed by atoms with Crippen molar-refractivity contribution in [2.24, 2.45) is 5.10 Å². The predicted molar refractivity (Wildman–Crippen MR) is 77.0 cm³/mol. The molecule has 1 aromatic rings. The van der Waals surface area contributed by atoms with Crippen LogP contribution in [0.1, 0.15) is 30.1 Å². The van der Waals surface area contributed by atoms with Crippen LogP contribution >= 0.6 is 0 Å². The van der Waals surface area contributed by atoms with Gasteiger partial charge < -0.3 is 14.2 Å². The fourth-order valence-electron chi connectivity index (χ4n) is 1.57. The van der Waals surface area contributed by atoms with Crippen LogP contribution in [0.2, 0.25) is 0 Å². The SMILES string of the molecule is CCC/C=N/NC(=O)c1cc(OC)c(OC)c(OC)c1. The Morgan fingerprint density at radius 1 is 1.20 bits per heavy atom. The summed E-state index contributed by atoms with van der Waals surface area (Å²) in [5.74, 6) is 0.960. The highest BCUT2D eigenvalue weighted by molar-refractivity contribution is 5.95. The van der Waals surface area contributed by atoms with Gasteiger partial charge in [-0.25, -0.2) is 5.43 Å². The van der Waals surface area contributed by atoms with Gasteiger partial charge in [-0.1, -0.05) is 13.3 Å². The maximum absolute atomic E-state index is 12.0. The second-order valence-corrected chi connectivity index (χ2v) is 3.96. The zero-order valence-electron chi connectivity index (χ0n) is 12.2. The average molecular weight is 280 g/mol. The number of nitrogens with one attached hydrogen (secondary N) is 1. The maximum Gasteiger partial charge on any atom is 0.271 e. The molecule has 0 saturated carbocycles. The molecule has 0 saturated heterocycles. The van der Waals surface area contributed by atoms with Crippen LogP contribution in [0.4, 0.5) is 0 Å². The van der Waals surface area contributed by atoms with Crippen LogP contribution in [0.25, 0.3) is 0 Å². The number of carbonyl (C=O) groups is 1. The predicted octanol–water partition coefficient (Wildman–Crippen LogP) is 2.23. The van der Waals surface area contributed by atoms with Crippen LogP contribution in [0, 0.1) is 0 Å². The molecule has 1 N–H and O–H groups in total. The van der Waals surface area contributed by atoms with Gasteiger partial charge in [0.25, 0.3) is 5.91 Å². The maximum atomic E-state index is 12.0. The van der Waals surface area contributed by atoms with Crippen molar-refractivity contribution in [3.05, 3.63) is 17.7 Å². The summed E-state index contributed by atoms with van der Waals surface area (Å²) in [7, 11) is 4.51. The molecule has 20 heavy (non-hydrogen) atoms. The van der Waals surface area contributed by atoms with E-state index < -0.39 is 0 Å². The number of hydrazone groups is 1. The quantitative estimate of drug-likeness (QED) is 0.614. The van der Waals surface area contributed by atoms with E-state index in [1.807, 2.05) is 6.92 Å². The Morgan fingerprint density at radius 2 is 1.80 bits per heavy atom. The number of nitrogens with zero attached hydrogens (tertiary/aromatic N) is 1. The van der Waals surface area contributed by atoms with E-state index in [2.05, 4.69) is 10.5 Å². The summed E-state index contributed by atoms with van der Waals surface area (Å²) in [6.07, 6.45) is 3.45. The molecule has 0 aliphatic carbocycles. The highest BCUT2D eigenvalue weighted by Gasteiger charge is 2.16. The van der Waals surface area contributed by atoms with E-state index in [1.54, 1.807) is 18.3 Å². The van der Waals surface area contributed by atoms with Crippen LogP contribution in [0.15, 0.2) is 17.2 Å². The molecule has 0 radical (unpaired) electrons. The van der Waals surface area contributed by atoms with Gasteiger partial charge in [0.1, 0.15) is 0 Å². The van der Waals surface area contributed by atoms with Gasteiger partial charge in [-0.3, -0.25) is 4.79 Å². The second kappa shape index (κ2) is 8.04. The minimum atomic E-state index is -0.336. The molecular weight excluding hydrogens is 260 g/mol. The van der Waals surface area contributed by atoms with Gasteiger partial charge >= 0.3 is 0 Å². The minimum absolute atomic E-state index is 0.336. The molecule has 0 heterocycles. The summed E-state index contributed by atoms with van der Waals surface area (Å²) >= 11 is 0.